The molecule has 3 fully saturated rings. The zero-order valence-electron chi connectivity index (χ0n) is 12.1. The number of amides is 2. The highest BCUT2D eigenvalue weighted by Gasteiger charge is 2.40. The molecule has 1 aliphatic heterocycles. The fourth-order valence-electron chi connectivity index (χ4n) is 4.14. The topological polar surface area (TPSA) is 61.4 Å². The summed E-state index contributed by atoms with van der Waals surface area (Å²) in [7, 11) is 0. The first-order chi connectivity index (χ1) is 9.72. The van der Waals surface area contributed by atoms with E-state index < -0.39 is 0 Å². The van der Waals surface area contributed by atoms with E-state index in [2.05, 4.69) is 10.6 Å². The van der Waals surface area contributed by atoms with Gasteiger partial charge in [0.05, 0.1) is 6.54 Å². The summed E-state index contributed by atoms with van der Waals surface area (Å²) in [5, 5.41) is 6.03. The van der Waals surface area contributed by atoms with Crippen molar-refractivity contribution in [3.8, 4) is 0 Å². The zero-order chi connectivity index (χ0) is 13.9. The van der Waals surface area contributed by atoms with Crippen molar-refractivity contribution in [2.24, 2.45) is 17.8 Å². The monoisotopic (exact) mass is 279 g/mol. The molecule has 0 aromatic carbocycles. The van der Waals surface area contributed by atoms with Crippen molar-refractivity contribution >= 4 is 11.8 Å². The van der Waals surface area contributed by atoms with E-state index in [-0.39, 0.29) is 18.4 Å². The van der Waals surface area contributed by atoms with Crippen LogP contribution < -0.4 is 10.6 Å². The average Bonchev–Trinajstić information content (AvgIpc) is 3.08. The SMILES string of the molecule is O=C(CC1CC2CCC1C2)NCC(=O)N1CCNCC1. The maximum absolute atomic E-state index is 12.0. The van der Waals surface area contributed by atoms with E-state index >= 15 is 0 Å². The van der Waals surface area contributed by atoms with Crippen LogP contribution in [0.25, 0.3) is 0 Å². The van der Waals surface area contributed by atoms with E-state index in [1.165, 1.54) is 25.7 Å². The Morgan fingerprint density at radius 3 is 2.60 bits per heavy atom. The van der Waals surface area contributed by atoms with Crippen molar-refractivity contribution < 1.29 is 9.59 Å². The predicted octanol–water partition coefficient (Wildman–Crippen LogP) is 0.361. The van der Waals surface area contributed by atoms with Crippen molar-refractivity contribution in [3.63, 3.8) is 0 Å². The van der Waals surface area contributed by atoms with Crippen LogP contribution in [0, 0.1) is 17.8 Å². The highest BCUT2D eigenvalue weighted by molar-refractivity contribution is 5.84. The molecule has 2 saturated carbocycles. The van der Waals surface area contributed by atoms with Crippen molar-refractivity contribution in [2.75, 3.05) is 32.7 Å². The van der Waals surface area contributed by atoms with E-state index in [9.17, 15) is 9.59 Å². The number of carbonyl (C=O) groups is 2. The lowest BCUT2D eigenvalue weighted by Crippen LogP contribution is -2.49. The second-order valence-electron chi connectivity index (χ2n) is 6.55. The van der Waals surface area contributed by atoms with Crippen LogP contribution in [0.4, 0.5) is 0 Å². The minimum atomic E-state index is 0.0489. The zero-order valence-corrected chi connectivity index (χ0v) is 12.1. The Kier molecular flexibility index (Phi) is 4.24. The molecule has 0 spiro atoms. The van der Waals surface area contributed by atoms with E-state index in [0.717, 1.165) is 38.0 Å². The summed E-state index contributed by atoms with van der Waals surface area (Å²) in [6.07, 6.45) is 5.85. The number of nitrogens with zero attached hydrogens (tertiary/aromatic N) is 1. The van der Waals surface area contributed by atoms with Gasteiger partial charge in [0.15, 0.2) is 0 Å². The molecule has 1 heterocycles. The quantitative estimate of drug-likeness (QED) is 0.781. The van der Waals surface area contributed by atoms with Crippen molar-refractivity contribution in [1.82, 2.24) is 15.5 Å². The Morgan fingerprint density at radius 1 is 1.15 bits per heavy atom. The average molecular weight is 279 g/mol. The van der Waals surface area contributed by atoms with Gasteiger partial charge >= 0.3 is 0 Å². The Morgan fingerprint density at radius 2 is 1.95 bits per heavy atom. The van der Waals surface area contributed by atoms with Gasteiger partial charge in [-0.05, 0) is 37.0 Å². The van der Waals surface area contributed by atoms with Gasteiger partial charge in [0, 0.05) is 32.6 Å². The number of fused-ring (bicyclic) bond motifs is 2. The number of nitrogens with one attached hydrogen (secondary N) is 2. The molecular weight excluding hydrogens is 254 g/mol. The van der Waals surface area contributed by atoms with Crippen molar-refractivity contribution in [2.45, 2.75) is 32.1 Å². The maximum atomic E-state index is 12.0. The van der Waals surface area contributed by atoms with Crippen LogP contribution in [-0.4, -0.2) is 49.4 Å². The van der Waals surface area contributed by atoms with Gasteiger partial charge in [-0.1, -0.05) is 6.42 Å². The molecule has 20 heavy (non-hydrogen) atoms. The summed E-state index contributed by atoms with van der Waals surface area (Å²) in [5.74, 6) is 2.33. The van der Waals surface area contributed by atoms with Crippen molar-refractivity contribution in [3.05, 3.63) is 0 Å². The van der Waals surface area contributed by atoms with Crippen LogP contribution in [0.3, 0.4) is 0 Å². The fraction of sp³-hybridized carbons (Fsp3) is 0.867. The molecule has 5 nitrogen and oxygen atoms in total. The highest BCUT2D eigenvalue weighted by Crippen LogP contribution is 2.49. The summed E-state index contributed by atoms with van der Waals surface area (Å²) in [4.78, 5) is 25.7. The molecule has 0 radical (unpaired) electrons. The number of rotatable bonds is 4. The van der Waals surface area contributed by atoms with Crippen LogP contribution in [0.2, 0.25) is 0 Å². The molecule has 1 saturated heterocycles. The molecule has 3 atom stereocenters. The van der Waals surface area contributed by atoms with Crippen molar-refractivity contribution in [1.29, 1.82) is 0 Å². The molecule has 3 aliphatic rings. The largest absolute Gasteiger partial charge is 0.347 e. The van der Waals surface area contributed by atoms with E-state index in [1.54, 1.807) is 0 Å². The minimum Gasteiger partial charge on any atom is -0.347 e. The Labute approximate surface area is 120 Å². The fourth-order valence-corrected chi connectivity index (χ4v) is 4.14. The normalized spacial score (nSPS) is 32.4. The minimum absolute atomic E-state index is 0.0489. The maximum Gasteiger partial charge on any atom is 0.242 e. The summed E-state index contributed by atoms with van der Waals surface area (Å²) in [6.45, 7) is 3.37. The molecule has 0 aromatic heterocycles. The predicted molar refractivity (Wildman–Crippen MR) is 76.0 cm³/mol. The lowest BCUT2D eigenvalue weighted by atomic mass is 9.86. The first kappa shape index (κ1) is 13.9. The molecule has 2 aliphatic carbocycles. The first-order valence-electron chi connectivity index (χ1n) is 7.97. The molecule has 3 unspecified atom stereocenters. The van der Waals surface area contributed by atoms with Gasteiger partial charge in [0.25, 0.3) is 0 Å². The number of hydrogen-bond acceptors (Lipinski definition) is 3. The van der Waals surface area contributed by atoms with Gasteiger partial charge in [-0.25, -0.2) is 0 Å². The Balaban J connectivity index is 1.37. The molecule has 112 valence electrons. The van der Waals surface area contributed by atoms with Gasteiger partial charge in [-0.15, -0.1) is 0 Å². The molecule has 0 aromatic rings. The summed E-state index contributed by atoms with van der Waals surface area (Å²) < 4.78 is 0. The van der Waals surface area contributed by atoms with Gasteiger partial charge in [0.2, 0.25) is 11.8 Å². The Bertz CT molecular complexity index is 379. The molecule has 5 heteroatoms. The van der Waals surface area contributed by atoms with Crippen LogP contribution in [0.1, 0.15) is 32.1 Å². The smallest absolute Gasteiger partial charge is 0.242 e. The van der Waals surface area contributed by atoms with Gasteiger partial charge in [-0.3, -0.25) is 9.59 Å². The Hall–Kier alpha value is -1.10. The lowest BCUT2D eigenvalue weighted by molar-refractivity contribution is -0.133. The summed E-state index contributed by atoms with van der Waals surface area (Å²) in [5.41, 5.74) is 0. The standard InChI is InChI=1S/C15H25N3O2/c19-14(9-13-8-11-1-2-12(13)7-11)17-10-15(20)18-5-3-16-4-6-18/h11-13,16H,1-10H2,(H,17,19). The highest BCUT2D eigenvalue weighted by atomic mass is 16.2. The van der Waals surface area contributed by atoms with Crippen LogP contribution >= 0.6 is 0 Å². The third-order valence-corrected chi connectivity index (χ3v) is 5.24. The van der Waals surface area contributed by atoms with Gasteiger partial charge in [-0.2, -0.15) is 0 Å². The molecule has 2 bridgehead atoms. The summed E-state index contributed by atoms with van der Waals surface area (Å²) in [6, 6.07) is 0. The first-order valence-corrected chi connectivity index (χ1v) is 7.97. The van der Waals surface area contributed by atoms with Crippen LogP contribution in [-0.2, 0) is 9.59 Å². The number of hydrogen-bond donors (Lipinski definition) is 2. The van der Waals surface area contributed by atoms with Gasteiger partial charge in [0.1, 0.15) is 0 Å². The second kappa shape index (κ2) is 6.12. The molecule has 2 N–H and O–H groups in total. The van der Waals surface area contributed by atoms with E-state index in [4.69, 9.17) is 0 Å². The van der Waals surface area contributed by atoms with E-state index in [0.29, 0.717) is 12.3 Å². The van der Waals surface area contributed by atoms with Crippen LogP contribution in [0.5, 0.6) is 0 Å². The third kappa shape index (κ3) is 3.14. The lowest BCUT2D eigenvalue weighted by Gasteiger charge is -2.27. The number of piperazine rings is 1. The van der Waals surface area contributed by atoms with Gasteiger partial charge < -0.3 is 15.5 Å². The molecule has 3 rings (SSSR count). The van der Waals surface area contributed by atoms with Crippen LogP contribution in [0.15, 0.2) is 0 Å². The molecule has 2 amide bonds. The molecular formula is C15H25N3O2. The second-order valence-corrected chi connectivity index (χ2v) is 6.55. The third-order valence-electron chi connectivity index (χ3n) is 5.24. The number of carbonyl (C=O) groups excluding carboxylic acids is 2. The van der Waals surface area contributed by atoms with E-state index in [1.807, 2.05) is 4.90 Å². The summed E-state index contributed by atoms with van der Waals surface area (Å²) >= 11 is 0.